The molecule has 0 aliphatic carbocycles. The summed E-state index contributed by atoms with van der Waals surface area (Å²) in [6, 6.07) is 12.6. The molecule has 0 aliphatic rings. The van der Waals surface area contributed by atoms with Crippen molar-refractivity contribution in [2.75, 3.05) is 6.61 Å². The lowest BCUT2D eigenvalue weighted by atomic mass is 10.00. The summed E-state index contributed by atoms with van der Waals surface area (Å²) in [4.78, 5) is 0. The minimum Gasteiger partial charge on any atom is -0.369 e. The zero-order valence-electron chi connectivity index (χ0n) is 13.1. The van der Waals surface area contributed by atoms with Crippen LogP contribution in [-0.2, 0) is 4.74 Å². The Morgan fingerprint density at radius 1 is 0.957 bits per heavy atom. The lowest BCUT2D eigenvalue weighted by Crippen LogP contribution is -2.12. The highest BCUT2D eigenvalue weighted by atomic mass is 35.5. The van der Waals surface area contributed by atoms with Crippen LogP contribution >= 0.6 is 11.6 Å². The molecule has 0 N–H and O–H groups in total. The first-order valence-electron chi connectivity index (χ1n) is 7.88. The molecule has 0 fully saturated rings. The fraction of sp³-hybridized carbons (Fsp3) is 0.368. The van der Waals surface area contributed by atoms with Gasteiger partial charge in [0.2, 0.25) is 0 Å². The number of rotatable bonds is 8. The van der Waals surface area contributed by atoms with Crippen molar-refractivity contribution in [3.05, 3.63) is 71.3 Å². The molecule has 0 spiro atoms. The Kier molecular flexibility index (Phi) is 7.00. The summed E-state index contributed by atoms with van der Waals surface area (Å²) in [6.45, 7) is 2.43. The Morgan fingerprint density at radius 3 is 1.96 bits per heavy atom. The highest BCUT2D eigenvalue weighted by Crippen LogP contribution is 2.30. The van der Waals surface area contributed by atoms with Crippen molar-refractivity contribution >= 4 is 11.6 Å². The minimum atomic E-state index is -0.757. The van der Waals surface area contributed by atoms with Gasteiger partial charge in [0.25, 0.3) is 0 Å². The summed E-state index contributed by atoms with van der Waals surface area (Å²) in [5.74, 6) is -0.797. The van der Waals surface area contributed by atoms with E-state index in [1.54, 1.807) is 36.4 Å². The van der Waals surface area contributed by atoms with E-state index in [0.717, 1.165) is 19.3 Å². The second-order valence-electron chi connectivity index (χ2n) is 5.44. The van der Waals surface area contributed by atoms with E-state index in [9.17, 15) is 8.78 Å². The van der Waals surface area contributed by atoms with Gasteiger partial charge in [0, 0.05) is 23.1 Å². The third-order valence-corrected chi connectivity index (χ3v) is 4.29. The van der Waals surface area contributed by atoms with Crippen LogP contribution in [0.2, 0.25) is 0 Å². The molecule has 4 heteroatoms. The van der Waals surface area contributed by atoms with Crippen molar-refractivity contribution in [3.63, 3.8) is 0 Å². The van der Waals surface area contributed by atoms with E-state index in [1.165, 1.54) is 12.1 Å². The molecule has 0 amide bonds. The van der Waals surface area contributed by atoms with Crippen LogP contribution in [0.25, 0.3) is 0 Å². The summed E-state index contributed by atoms with van der Waals surface area (Å²) in [5.41, 5.74) is 0.686. The van der Waals surface area contributed by atoms with E-state index < -0.39 is 17.7 Å². The topological polar surface area (TPSA) is 9.23 Å². The van der Waals surface area contributed by atoms with E-state index in [4.69, 9.17) is 16.3 Å². The fourth-order valence-electron chi connectivity index (χ4n) is 2.43. The lowest BCUT2D eigenvalue weighted by Gasteiger charge is -2.20. The van der Waals surface area contributed by atoms with Gasteiger partial charge in [-0.1, -0.05) is 43.3 Å². The van der Waals surface area contributed by atoms with Gasteiger partial charge in [-0.3, -0.25) is 0 Å². The molecule has 1 atom stereocenters. The predicted molar refractivity (Wildman–Crippen MR) is 89.8 cm³/mol. The Morgan fingerprint density at radius 2 is 1.48 bits per heavy atom. The van der Waals surface area contributed by atoms with Crippen LogP contribution in [0.4, 0.5) is 8.78 Å². The zero-order valence-corrected chi connectivity index (χ0v) is 13.9. The number of hydrogen-bond donors (Lipinski definition) is 0. The number of halogens is 3. The third-order valence-electron chi connectivity index (χ3n) is 3.76. The monoisotopic (exact) mass is 338 g/mol. The molecule has 124 valence electrons. The fourth-order valence-corrected chi connectivity index (χ4v) is 2.59. The first-order valence-corrected chi connectivity index (χ1v) is 8.31. The van der Waals surface area contributed by atoms with Crippen LogP contribution in [0.1, 0.15) is 43.4 Å². The maximum atomic E-state index is 14.1. The highest BCUT2D eigenvalue weighted by Gasteiger charge is 2.21. The van der Waals surface area contributed by atoms with Crippen LogP contribution in [0.3, 0.4) is 0 Å². The maximum Gasteiger partial charge on any atom is 0.129 e. The van der Waals surface area contributed by atoms with Crippen molar-refractivity contribution in [2.45, 2.75) is 37.7 Å². The highest BCUT2D eigenvalue weighted by molar-refractivity contribution is 6.20. The molecule has 2 rings (SSSR count). The molecule has 1 nitrogen and oxygen atoms in total. The summed E-state index contributed by atoms with van der Waals surface area (Å²) < 4.78 is 34.1. The summed E-state index contributed by atoms with van der Waals surface area (Å²) >= 11 is 6.09. The molecule has 0 bridgehead atoms. The second kappa shape index (κ2) is 8.99. The predicted octanol–water partition coefficient (Wildman–Crippen LogP) is 5.87. The summed E-state index contributed by atoms with van der Waals surface area (Å²) in [5, 5.41) is 0.110. The normalized spacial score (nSPS) is 12.6. The van der Waals surface area contributed by atoms with Gasteiger partial charge in [-0.2, -0.15) is 0 Å². The summed E-state index contributed by atoms with van der Waals surface area (Å²) in [7, 11) is 0. The first kappa shape index (κ1) is 17.9. The number of alkyl halides is 1. The molecule has 0 saturated heterocycles. The molecule has 0 saturated carbocycles. The van der Waals surface area contributed by atoms with Crippen LogP contribution in [0.5, 0.6) is 0 Å². The standard InChI is InChI=1S/C19H21ClF2O/c1-2-14(20)8-7-13-23-19(15-9-3-5-11-17(15)21)16-10-4-6-12-18(16)22/h3-6,9-12,14,19H,2,7-8,13H2,1H3. The van der Waals surface area contributed by atoms with Gasteiger partial charge in [0.1, 0.15) is 17.7 Å². The van der Waals surface area contributed by atoms with E-state index in [1.807, 2.05) is 6.92 Å². The molecule has 2 aromatic carbocycles. The van der Waals surface area contributed by atoms with Crippen LogP contribution in [-0.4, -0.2) is 12.0 Å². The minimum absolute atomic E-state index is 0.110. The van der Waals surface area contributed by atoms with Gasteiger partial charge >= 0.3 is 0 Å². The van der Waals surface area contributed by atoms with E-state index in [-0.39, 0.29) is 5.38 Å². The Balaban J connectivity index is 2.16. The van der Waals surface area contributed by atoms with Gasteiger partial charge in [0.15, 0.2) is 0 Å². The molecule has 2 aromatic rings. The average Bonchev–Trinajstić information content (AvgIpc) is 2.56. The molecule has 0 aromatic heterocycles. The third kappa shape index (κ3) is 5.02. The van der Waals surface area contributed by atoms with Gasteiger partial charge in [0.05, 0.1) is 0 Å². The van der Waals surface area contributed by atoms with Gasteiger partial charge < -0.3 is 4.74 Å². The smallest absolute Gasteiger partial charge is 0.129 e. The van der Waals surface area contributed by atoms with Crippen molar-refractivity contribution in [1.82, 2.24) is 0 Å². The Labute approximate surface area is 141 Å². The first-order chi connectivity index (χ1) is 11.1. The van der Waals surface area contributed by atoms with Crippen molar-refractivity contribution in [1.29, 1.82) is 0 Å². The van der Waals surface area contributed by atoms with Crippen LogP contribution in [0, 0.1) is 11.6 Å². The van der Waals surface area contributed by atoms with Gasteiger partial charge in [-0.25, -0.2) is 8.78 Å². The SMILES string of the molecule is CCC(Cl)CCCOC(c1ccccc1F)c1ccccc1F. The van der Waals surface area contributed by atoms with Crippen LogP contribution in [0.15, 0.2) is 48.5 Å². The summed E-state index contributed by atoms with van der Waals surface area (Å²) in [6.07, 6.45) is 1.71. The number of benzene rings is 2. The molecular weight excluding hydrogens is 318 g/mol. The van der Waals surface area contributed by atoms with E-state index >= 15 is 0 Å². The Hall–Kier alpha value is -1.45. The molecule has 0 aliphatic heterocycles. The molecule has 1 unspecified atom stereocenters. The van der Waals surface area contributed by atoms with Crippen LogP contribution < -0.4 is 0 Å². The van der Waals surface area contributed by atoms with Crippen molar-refractivity contribution in [2.24, 2.45) is 0 Å². The molecular formula is C19H21ClF2O. The van der Waals surface area contributed by atoms with Crippen molar-refractivity contribution < 1.29 is 13.5 Å². The molecule has 0 heterocycles. The average molecular weight is 339 g/mol. The maximum absolute atomic E-state index is 14.1. The quantitative estimate of drug-likeness (QED) is 0.432. The number of ether oxygens (including phenoxy) is 1. The van der Waals surface area contributed by atoms with Gasteiger partial charge in [-0.05, 0) is 31.4 Å². The van der Waals surface area contributed by atoms with Gasteiger partial charge in [-0.15, -0.1) is 11.6 Å². The lowest BCUT2D eigenvalue weighted by molar-refractivity contribution is 0.0723. The second-order valence-corrected chi connectivity index (χ2v) is 6.06. The molecule has 0 radical (unpaired) electrons. The number of hydrogen-bond acceptors (Lipinski definition) is 1. The zero-order chi connectivity index (χ0) is 16.7. The Bertz CT molecular complexity index is 572. The van der Waals surface area contributed by atoms with Crippen molar-refractivity contribution in [3.8, 4) is 0 Å². The molecule has 23 heavy (non-hydrogen) atoms. The largest absolute Gasteiger partial charge is 0.369 e. The van der Waals surface area contributed by atoms with E-state index in [0.29, 0.717) is 17.7 Å². The van der Waals surface area contributed by atoms with E-state index in [2.05, 4.69) is 0 Å².